The third-order valence-electron chi connectivity index (χ3n) is 1.35. The number of rotatable bonds is 2. The molecule has 1 rings (SSSR count). The molecule has 0 amide bonds. The lowest BCUT2D eigenvalue weighted by molar-refractivity contribution is -0.391. The van der Waals surface area contributed by atoms with Crippen LogP contribution in [0.15, 0.2) is 10.7 Å². The van der Waals surface area contributed by atoms with Crippen LogP contribution in [0.4, 0.5) is 14.6 Å². The molecule has 0 aromatic carbocycles. The van der Waals surface area contributed by atoms with E-state index in [1.54, 1.807) is 0 Å². The molecule has 0 saturated carbocycles. The van der Waals surface area contributed by atoms with Gasteiger partial charge in [0, 0.05) is 15.9 Å². The Bertz CT molecular complexity index is 388. The van der Waals surface area contributed by atoms with Gasteiger partial charge in [-0.05, 0) is 16.0 Å². The molecule has 76 valence electrons. The van der Waals surface area contributed by atoms with E-state index < -0.39 is 22.7 Å². The van der Waals surface area contributed by atoms with E-state index in [2.05, 4.69) is 20.9 Å². The van der Waals surface area contributed by atoms with Crippen molar-refractivity contribution in [2.45, 2.75) is 6.43 Å². The van der Waals surface area contributed by atoms with Crippen LogP contribution in [0.5, 0.6) is 0 Å². The molecule has 8 heteroatoms. The quantitative estimate of drug-likeness (QED) is 0.476. The van der Waals surface area contributed by atoms with E-state index in [0.29, 0.717) is 0 Å². The number of hydrogen-bond donors (Lipinski definition) is 0. The van der Waals surface area contributed by atoms with Crippen LogP contribution in [-0.4, -0.2) is 9.91 Å². The lowest BCUT2D eigenvalue weighted by Gasteiger charge is -2.01. The summed E-state index contributed by atoms with van der Waals surface area (Å²) in [6.07, 6.45) is -2.98. The molecule has 1 aromatic heterocycles. The van der Waals surface area contributed by atoms with Gasteiger partial charge in [0.15, 0.2) is 0 Å². The van der Waals surface area contributed by atoms with Crippen molar-refractivity contribution in [1.82, 2.24) is 4.98 Å². The fraction of sp³-hybridized carbons (Fsp3) is 0.167. The lowest BCUT2D eigenvalue weighted by Crippen LogP contribution is -1.99. The van der Waals surface area contributed by atoms with Crippen molar-refractivity contribution >= 4 is 33.3 Å². The van der Waals surface area contributed by atoms with Gasteiger partial charge in [0.1, 0.15) is 5.56 Å². The number of nitrogens with zero attached hydrogens (tertiary/aromatic N) is 2. The molecule has 0 aliphatic carbocycles. The molecular weight excluding hydrogens is 285 g/mol. The number of aromatic nitrogens is 1. The van der Waals surface area contributed by atoms with E-state index in [0.717, 1.165) is 6.07 Å². The van der Waals surface area contributed by atoms with Gasteiger partial charge in [0.25, 0.3) is 6.43 Å². The van der Waals surface area contributed by atoms with Crippen LogP contribution in [0.3, 0.4) is 0 Å². The SMILES string of the molecule is O=[N+]([O-])c1nc(Br)c(Cl)cc1C(F)F. The van der Waals surface area contributed by atoms with Crippen molar-refractivity contribution in [1.29, 1.82) is 0 Å². The van der Waals surface area contributed by atoms with Gasteiger partial charge in [-0.25, -0.2) is 8.78 Å². The number of hydrogen-bond acceptors (Lipinski definition) is 3. The molecule has 1 aromatic rings. The van der Waals surface area contributed by atoms with Gasteiger partial charge in [-0.3, -0.25) is 0 Å². The Morgan fingerprint density at radius 2 is 2.21 bits per heavy atom. The Hall–Kier alpha value is -0.820. The van der Waals surface area contributed by atoms with Crippen molar-refractivity contribution in [3.63, 3.8) is 0 Å². The zero-order valence-corrected chi connectivity index (χ0v) is 8.72. The number of halogens is 4. The smallest absolute Gasteiger partial charge is 0.358 e. The lowest BCUT2D eigenvalue weighted by atomic mass is 10.3. The van der Waals surface area contributed by atoms with Crippen LogP contribution in [0.1, 0.15) is 12.0 Å². The highest BCUT2D eigenvalue weighted by Crippen LogP contribution is 2.32. The van der Waals surface area contributed by atoms with Gasteiger partial charge in [0.2, 0.25) is 4.60 Å². The Balaban J connectivity index is 3.39. The van der Waals surface area contributed by atoms with Gasteiger partial charge in [0.05, 0.1) is 5.02 Å². The molecule has 0 unspecified atom stereocenters. The van der Waals surface area contributed by atoms with Crippen LogP contribution in [0.25, 0.3) is 0 Å². The Morgan fingerprint density at radius 3 is 2.64 bits per heavy atom. The van der Waals surface area contributed by atoms with Gasteiger partial charge in [-0.2, -0.15) is 0 Å². The second-order valence-electron chi connectivity index (χ2n) is 2.23. The van der Waals surface area contributed by atoms with Crippen molar-refractivity contribution in [3.05, 3.63) is 31.4 Å². The minimum absolute atomic E-state index is 0.0322. The fourth-order valence-corrected chi connectivity index (χ4v) is 1.22. The molecule has 4 nitrogen and oxygen atoms in total. The second kappa shape index (κ2) is 4.14. The number of alkyl halides is 2. The summed E-state index contributed by atoms with van der Waals surface area (Å²) in [5.41, 5.74) is -0.789. The largest absolute Gasteiger partial charge is 0.373 e. The summed E-state index contributed by atoms with van der Waals surface area (Å²) in [6, 6.07) is 0.821. The van der Waals surface area contributed by atoms with Crippen LogP contribution < -0.4 is 0 Å². The molecule has 14 heavy (non-hydrogen) atoms. The number of pyridine rings is 1. The van der Waals surface area contributed by atoms with Crippen molar-refractivity contribution in [2.75, 3.05) is 0 Å². The van der Waals surface area contributed by atoms with E-state index in [1.165, 1.54) is 0 Å². The highest BCUT2D eigenvalue weighted by molar-refractivity contribution is 9.10. The van der Waals surface area contributed by atoms with E-state index in [4.69, 9.17) is 11.6 Å². The van der Waals surface area contributed by atoms with Crippen molar-refractivity contribution < 1.29 is 13.7 Å². The standard InChI is InChI=1S/C6H2BrClF2N2O2/c7-4-3(8)1-2(5(9)10)6(11-4)12(13)14/h1,5H. The Labute approximate surface area is 90.2 Å². The normalized spacial score (nSPS) is 10.6. The average Bonchev–Trinajstić information content (AvgIpc) is 2.08. The average molecular weight is 287 g/mol. The highest BCUT2D eigenvalue weighted by atomic mass is 79.9. The zero-order valence-electron chi connectivity index (χ0n) is 6.38. The molecule has 0 spiro atoms. The number of nitro groups is 1. The monoisotopic (exact) mass is 286 g/mol. The molecule has 0 atom stereocenters. The molecule has 0 N–H and O–H groups in total. The first-order valence-corrected chi connectivity index (χ1v) is 4.39. The summed E-state index contributed by atoms with van der Waals surface area (Å²) < 4.78 is 24.5. The molecule has 0 radical (unpaired) electrons. The molecule has 0 fully saturated rings. The van der Waals surface area contributed by atoms with Crippen LogP contribution in [0, 0.1) is 10.1 Å². The maximum Gasteiger partial charge on any atom is 0.373 e. The van der Waals surface area contributed by atoms with Gasteiger partial charge >= 0.3 is 5.82 Å². The Kier molecular flexibility index (Phi) is 3.33. The summed E-state index contributed by atoms with van der Waals surface area (Å²) in [7, 11) is 0. The van der Waals surface area contributed by atoms with Gasteiger partial charge < -0.3 is 10.1 Å². The molecular formula is C6H2BrClF2N2O2. The fourth-order valence-electron chi connectivity index (χ4n) is 0.778. The van der Waals surface area contributed by atoms with Gasteiger partial charge in [-0.1, -0.05) is 11.6 Å². The highest BCUT2D eigenvalue weighted by Gasteiger charge is 2.25. The Morgan fingerprint density at radius 1 is 1.64 bits per heavy atom. The first-order chi connectivity index (χ1) is 6.43. The molecule has 0 saturated heterocycles. The molecule has 1 heterocycles. The van der Waals surface area contributed by atoms with E-state index in [9.17, 15) is 18.9 Å². The third-order valence-corrected chi connectivity index (χ3v) is 2.47. The topological polar surface area (TPSA) is 56.0 Å². The van der Waals surface area contributed by atoms with E-state index in [-0.39, 0.29) is 9.63 Å². The first-order valence-electron chi connectivity index (χ1n) is 3.22. The summed E-state index contributed by atoms with van der Waals surface area (Å²) in [5.74, 6) is -0.892. The van der Waals surface area contributed by atoms with E-state index >= 15 is 0 Å². The maximum atomic E-state index is 12.3. The van der Waals surface area contributed by atoms with Crippen LogP contribution in [0.2, 0.25) is 5.02 Å². The van der Waals surface area contributed by atoms with Gasteiger partial charge in [-0.15, -0.1) is 0 Å². The van der Waals surface area contributed by atoms with E-state index in [1.807, 2.05) is 0 Å². The van der Waals surface area contributed by atoms with Crippen molar-refractivity contribution in [2.24, 2.45) is 0 Å². The maximum absolute atomic E-state index is 12.3. The minimum atomic E-state index is -2.98. The van der Waals surface area contributed by atoms with Crippen LogP contribution >= 0.6 is 27.5 Å². The first kappa shape index (κ1) is 11.3. The summed E-state index contributed by atoms with van der Waals surface area (Å²) in [5, 5.41) is 10.2. The molecule has 0 aliphatic rings. The predicted octanol–water partition coefficient (Wildman–Crippen LogP) is 3.34. The molecule has 0 aliphatic heterocycles. The third kappa shape index (κ3) is 2.16. The summed E-state index contributed by atoms with van der Waals surface area (Å²) >= 11 is 8.27. The molecule has 0 bridgehead atoms. The predicted molar refractivity (Wildman–Crippen MR) is 48.6 cm³/mol. The van der Waals surface area contributed by atoms with Crippen molar-refractivity contribution in [3.8, 4) is 0 Å². The summed E-state index contributed by atoms with van der Waals surface area (Å²) in [4.78, 5) is 12.7. The zero-order chi connectivity index (χ0) is 10.9. The minimum Gasteiger partial charge on any atom is -0.358 e. The second-order valence-corrected chi connectivity index (χ2v) is 3.39. The van der Waals surface area contributed by atoms with Crippen LogP contribution in [-0.2, 0) is 0 Å². The summed E-state index contributed by atoms with van der Waals surface area (Å²) in [6.45, 7) is 0.